The Kier molecular flexibility index (Phi) is 6.93. The molecule has 2 aliphatic heterocycles. The van der Waals surface area contributed by atoms with Gasteiger partial charge in [0.15, 0.2) is 12.1 Å². The van der Waals surface area contributed by atoms with Gasteiger partial charge in [-0.1, -0.05) is 72.8 Å². The smallest absolute Gasteiger partial charge is 0.191 e. The van der Waals surface area contributed by atoms with Crippen molar-refractivity contribution in [1.29, 1.82) is 0 Å². The minimum absolute atomic E-state index is 0.376. The molecule has 2 saturated heterocycles. The summed E-state index contributed by atoms with van der Waals surface area (Å²) in [6.07, 6.45) is 2.35. The third-order valence-corrected chi connectivity index (χ3v) is 5.92. The van der Waals surface area contributed by atoms with E-state index < -0.39 is 29.9 Å². The van der Waals surface area contributed by atoms with Gasteiger partial charge in [-0.3, -0.25) is 0 Å². The topological polar surface area (TPSA) is 46.2 Å². The first kappa shape index (κ1) is 22.9. The van der Waals surface area contributed by atoms with Gasteiger partial charge in [0.25, 0.3) is 0 Å². The third kappa shape index (κ3) is 4.72. The van der Waals surface area contributed by atoms with Crippen molar-refractivity contribution in [2.45, 2.75) is 69.5 Å². The Morgan fingerprint density at radius 1 is 0.906 bits per heavy atom. The number of hydrogen-bond donors (Lipinski definition) is 0. The van der Waals surface area contributed by atoms with Crippen LogP contribution in [0.3, 0.4) is 0 Å². The van der Waals surface area contributed by atoms with Crippen molar-refractivity contribution < 1.29 is 23.7 Å². The molecule has 0 N–H and O–H groups in total. The third-order valence-electron chi connectivity index (χ3n) is 5.92. The predicted molar refractivity (Wildman–Crippen MR) is 123 cm³/mol. The Morgan fingerprint density at radius 2 is 1.53 bits per heavy atom. The summed E-state index contributed by atoms with van der Waals surface area (Å²) in [6, 6.07) is 20.1. The maximum Gasteiger partial charge on any atom is 0.191 e. The van der Waals surface area contributed by atoms with Crippen LogP contribution in [0.1, 0.15) is 31.4 Å². The Labute approximate surface area is 190 Å². The lowest BCUT2D eigenvalue weighted by molar-refractivity contribution is -0.255. The first-order chi connectivity index (χ1) is 15.5. The highest BCUT2D eigenvalue weighted by molar-refractivity contribution is 5.20. The molecule has 5 nitrogen and oxygen atoms in total. The summed E-state index contributed by atoms with van der Waals surface area (Å²) in [6.45, 7) is 12.7. The summed E-state index contributed by atoms with van der Waals surface area (Å²) in [5.74, 6) is -0.754. The van der Waals surface area contributed by atoms with E-state index in [-0.39, 0.29) is 6.10 Å². The standard InChI is InChI=1S/C27H32O5/c1-5-13-22(28-18-20-14-9-7-10-15-20)27(6-2)24(29-19-21-16-11-8-12-17-21)23-25(32-27)31-26(3,4)30-23/h5-12,14-17,22-25H,1-2,13,18-19H2,3-4H3/t22-,23+,24+,25-,27-/m0/s1. The highest BCUT2D eigenvalue weighted by Gasteiger charge is 2.64. The molecule has 0 radical (unpaired) electrons. The summed E-state index contributed by atoms with van der Waals surface area (Å²) < 4.78 is 31.6. The van der Waals surface area contributed by atoms with E-state index >= 15 is 0 Å². The van der Waals surface area contributed by atoms with E-state index in [1.165, 1.54) is 0 Å². The molecule has 0 unspecified atom stereocenters. The number of ether oxygens (including phenoxy) is 5. The van der Waals surface area contributed by atoms with Crippen molar-refractivity contribution in [3.63, 3.8) is 0 Å². The summed E-state index contributed by atoms with van der Waals surface area (Å²) in [4.78, 5) is 0. The Balaban J connectivity index is 1.60. The second kappa shape index (κ2) is 9.69. The van der Waals surface area contributed by atoms with Gasteiger partial charge in [-0.15, -0.1) is 13.2 Å². The van der Waals surface area contributed by atoms with Crippen LogP contribution in [0.25, 0.3) is 0 Å². The highest BCUT2D eigenvalue weighted by Crippen LogP contribution is 2.47. The van der Waals surface area contributed by atoms with Gasteiger partial charge in [-0.2, -0.15) is 0 Å². The number of hydrogen-bond acceptors (Lipinski definition) is 5. The van der Waals surface area contributed by atoms with Crippen molar-refractivity contribution in [2.75, 3.05) is 0 Å². The van der Waals surface area contributed by atoms with Crippen LogP contribution in [0.4, 0.5) is 0 Å². The van der Waals surface area contributed by atoms with Gasteiger partial charge in [0.05, 0.1) is 19.3 Å². The average Bonchev–Trinajstić information content (AvgIpc) is 3.25. The lowest BCUT2D eigenvalue weighted by Crippen LogP contribution is -2.54. The lowest BCUT2D eigenvalue weighted by atomic mass is 9.87. The summed E-state index contributed by atoms with van der Waals surface area (Å²) in [7, 11) is 0. The summed E-state index contributed by atoms with van der Waals surface area (Å²) in [5.41, 5.74) is 1.19. The molecule has 2 aromatic carbocycles. The molecule has 0 bridgehead atoms. The molecule has 2 aliphatic rings. The van der Waals surface area contributed by atoms with Gasteiger partial charge in [-0.05, 0) is 31.4 Å². The number of benzene rings is 2. The second-order valence-corrected chi connectivity index (χ2v) is 8.67. The van der Waals surface area contributed by atoms with E-state index in [0.717, 1.165) is 11.1 Å². The van der Waals surface area contributed by atoms with Gasteiger partial charge >= 0.3 is 0 Å². The van der Waals surface area contributed by atoms with Crippen LogP contribution in [0.15, 0.2) is 86.0 Å². The van der Waals surface area contributed by atoms with E-state index in [1.54, 1.807) is 6.08 Å². The summed E-state index contributed by atoms with van der Waals surface area (Å²) >= 11 is 0. The summed E-state index contributed by atoms with van der Waals surface area (Å²) in [5, 5.41) is 0. The van der Waals surface area contributed by atoms with Crippen molar-refractivity contribution in [1.82, 2.24) is 0 Å². The monoisotopic (exact) mass is 436 g/mol. The van der Waals surface area contributed by atoms with Crippen molar-refractivity contribution >= 4 is 0 Å². The van der Waals surface area contributed by atoms with Gasteiger partial charge in [0.1, 0.15) is 17.8 Å². The van der Waals surface area contributed by atoms with Crippen molar-refractivity contribution in [2.24, 2.45) is 0 Å². The molecule has 0 amide bonds. The maximum atomic E-state index is 6.50. The quantitative estimate of drug-likeness (QED) is 0.481. The van der Waals surface area contributed by atoms with E-state index in [0.29, 0.717) is 19.6 Å². The molecule has 5 atom stereocenters. The maximum absolute atomic E-state index is 6.50. The van der Waals surface area contributed by atoms with E-state index in [9.17, 15) is 0 Å². The molecule has 0 saturated carbocycles. The second-order valence-electron chi connectivity index (χ2n) is 8.67. The normalized spacial score (nSPS) is 29.4. The molecule has 170 valence electrons. The molecule has 0 aromatic heterocycles. The molecule has 0 spiro atoms. The van der Waals surface area contributed by atoms with Gasteiger partial charge in [0.2, 0.25) is 0 Å². The fourth-order valence-corrected chi connectivity index (χ4v) is 4.42. The minimum atomic E-state index is -0.955. The predicted octanol–water partition coefficient (Wildman–Crippen LogP) is 5.17. The van der Waals surface area contributed by atoms with Crippen LogP contribution in [-0.4, -0.2) is 36.0 Å². The zero-order chi connectivity index (χ0) is 22.6. The van der Waals surface area contributed by atoms with Crippen molar-refractivity contribution in [3.05, 3.63) is 97.1 Å². The first-order valence-corrected chi connectivity index (χ1v) is 11.1. The molecule has 2 fully saturated rings. The molecule has 4 rings (SSSR count). The average molecular weight is 437 g/mol. The number of fused-ring (bicyclic) bond motifs is 1. The molecular formula is C27H32O5. The van der Waals surface area contributed by atoms with Crippen LogP contribution in [0, 0.1) is 0 Å². The van der Waals surface area contributed by atoms with E-state index in [1.807, 2.05) is 80.6 Å². The van der Waals surface area contributed by atoms with Crippen LogP contribution in [-0.2, 0) is 36.9 Å². The van der Waals surface area contributed by atoms with Gasteiger partial charge in [-0.25, -0.2) is 0 Å². The molecule has 5 heteroatoms. The molecular weight excluding hydrogens is 404 g/mol. The minimum Gasteiger partial charge on any atom is -0.370 e. The zero-order valence-electron chi connectivity index (χ0n) is 18.8. The van der Waals surface area contributed by atoms with Gasteiger partial charge in [0, 0.05) is 0 Å². The van der Waals surface area contributed by atoms with Crippen LogP contribution in [0.5, 0.6) is 0 Å². The Morgan fingerprint density at radius 3 is 2.12 bits per heavy atom. The fourth-order valence-electron chi connectivity index (χ4n) is 4.42. The largest absolute Gasteiger partial charge is 0.370 e. The Bertz CT molecular complexity index is 897. The van der Waals surface area contributed by atoms with Gasteiger partial charge < -0.3 is 23.7 Å². The molecule has 0 aliphatic carbocycles. The zero-order valence-corrected chi connectivity index (χ0v) is 18.8. The molecule has 2 aromatic rings. The SMILES string of the molecule is C=CC[C@H](OCc1ccccc1)[C@]1(C=C)O[C@@H]2OC(C)(C)O[C@@H]2[C@H]1OCc1ccccc1. The van der Waals surface area contributed by atoms with Crippen LogP contribution in [0.2, 0.25) is 0 Å². The van der Waals surface area contributed by atoms with E-state index in [4.69, 9.17) is 23.7 Å². The Hall–Kier alpha value is -2.28. The fraction of sp³-hybridized carbons (Fsp3) is 0.407. The molecule has 2 heterocycles. The lowest BCUT2D eigenvalue weighted by Gasteiger charge is -2.39. The van der Waals surface area contributed by atoms with Crippen LogP contribution < -0.4 is 0 Å². The van der Waals surface area contributed by atoms with Crippen molar-refractivity contribution in [3.8, 4) is 0 Å². The highest BCUT2D eigenvalue weighted by atomic mass is 16.8. The van der Waals surface area contributed by atoms with E-state index in [2.05, 4.69) is 13.2 Å². The van der Waals surface area contributed by atoms with Crippen LogP contribution >= 0.6 is 0 Å². The molecule has 32 heavy (non-hydrogen) atoms. The first-order valence-electron chi connectivity index (χ1n) is 11.1. The number of rotatable bonds is 10.